The van der Waals surface area contributed by atoms with E-state index in [4.69, 9.17) is 9.73 Å². The number of ether oxygens (including phenoxy) is 1. The van der Waals surface area contributed by atoms with Crippen molar-refractivity contribution in [1.82, 2.24) is 9.88 Å². The summed E-state index contributed by atoms with van der Waals surface area (Å²) in [5.74, 6) is -0.568. The molecule has 4 rings (SSSR count). The lowest BCUT2D eigenvalue weighted by molar-refractivity contribution is -0.118. The second-order valence-electron chi connectivity index (χ2n) is 9.10. The molecule has 1 aromatic heterocycles. The Bertz CT molecular complexity index is 1540. The molecule has 0 radical (unpaired) electrons. The zero-order valence-corrected chi connectivity index (χ0v) is 25.1. The molecule has 0 atom stereocenters. The van der Waals surface area contributed by atoms with Gasteiger partial charge in [-0.1, -0.05) is 36.4 Å². The van der Waals surface area contributed by atoms with Gasteiger partial charge in [0.1, 0.15) is 0 Å². The summed E-state index contributed by atoms with van der Waals surface area (Å²) < 4.78 is 6.48. The highest BCUT2D eigenvalue weighted by Crippen LogP contribution is 2.39. The van der Waals surface area contributed by atoms with Crippen molar-refractivity contribution in [1.29, 1.82) is 0 Å². The van der Waals surface area contributed by atoms with Gasteiger partial charge < -0.3 is 24.6 Å². The number of aromatic hydroxyl groups is 1. The third-order valence-corrected chi connectivity index (χ3v) is 7.19. The number of likely N-dealkylation sites (N-methyl/N-ethyl adjacent to an activating group) is 2. The monoisotopic (exact) mass is 654 g/mol. The Kier molecular flexibility index (Phi) is 8.89. The van der Waals surface area contributed by atoms with Crippen LogP contribution in [0.1, 0.15) is 28.4 Å². The zero-order chi connectivity index (χ0) is 28.3. The maximum Gasteiger partial charge on any atom is 0.338 e. The van der Waals surface area contributed by atoms with Crippen molar-refractivity contribution in [2.45, 2.75) is 6.92 Å². The SMILES string of the molecule is CCOC(=O)c1ccc2c(C(=Nc3cc(Br)c(N(C)C(=O)CN(C)C)c(Br)c3)c3ccccc3)c(O)[nH]c2c1. The number of carbonyl (C=O) groups excluding carboxylic acids is 2. The minimum Gasteiger partial charge on any atom is -0.494 e. The first kappa shape index (κ1) is 28.5. The van der Waals surface area contributed by atoms with Gasteiger partial charge in [0.05, 0.1) is 41.4 Å². The quantitative estimate of drug-likeness (QED) is 0.172. The Hall–Kier alpha value is -3.47. The largest absolute Gasteiger partial charge is 0.494 e. The van der Waals surface area contributed by atoms with Gasteiger partial charge >= 0.3 is 5.97 Å². The van der Waals surface area contributed by atoms with E-state index < -0.39 is 5.97 Å². The van der Waals surface area contributed by atoms with Gasteiger partial charge in [0, 0.05) is 32.5 Å². The van der Waals surface area contributed by atoms with Crippen LogP contribution in [0, 0.1) is 0 Å². The summed E-state index contributed by atoms with van der Waals surface area (Å²) >= 11 is 7.22. The number of nitrogens with one attached hydrogen (secondary N) is 1. The van der Waals surface area contributed by atoms with Crippen LogP contribution in [0.25, 0.3) is 10.9 Å². The summed E-state index contributed by atoms with van der Waals surface area (Å²) in [4.78, 5) is 36.3. The Morgan fingerprint density at radius 1 is 0.974 bits per heavy atom. The van der Waals surface area contributed by atoms with Gasteiger partial charge in [0.25, 0.3) is 0 Å². The fourth-order valence-electron chi connectivity index (χ4n) is 4.19. The standard InChI is InChI=1S/C29H28Br2N4O4/c1-5-39-29(38)18-11-12-20-23(13-18)33-28(37)25(20)26(17-9-7-6-8-10-17)32-19-14-21(30)27(22(31)15-19)35(4)24(36)16-34(2)3/h6-15,33,37H,5,16H2,1-4H3. The first-order valence-electron chi connectivity index (χ1n) is 12.2. The number of esters is 1. The summed E-state index contributed by atoms with van der Waals surface area (Å²) in [6.45, 7) is 2.29. The van der Waals surface area contributed by atoms with Crippen molar-refractivity contribution in [2.24, 2.45) is 4.99 Å². The van der Waals surface area contributed by atoms with Crippen molar-refractivity contribution in [3.63, 3.8) is 0 Å². The summed E-state index contributed by atoms with van der Waals surface area (Å²) in [7, 11) is 5.41. The molecule has 0 unspecified atom stereocenters. The van der Waals surface area contributed by atoms with E-state index in [0.29, 0.717) is 48.1 Å². The third-order valence-electron chi connectivity index (χ3n) is 5.98. The first-order valence-corrected chi connectivity index (χ1v) is 13.8. The normalized spacial score (nSPS) is 11.7. The number of benzene rings is 3. The molecule has 0 aliphatic rings. The molecule has 10 heteroatoms. The molecule has 0 fully saturated rings. The van der Waals surface area contributed by atoms with E-state index in [-0.39, 0.29) is 24.9 Å². The van der Waals surface area contributed by atoms with E-state index in [1.165, 1.54) is 0 Å². The molecule has 39 heavy (non-hydrogen) atoms. The van der Waals surface area contributed by atoms with Crippen molar-refractivity contribution in [2.75, 3.05) is 39.2 Å². The smallest absolute Gasteiger partial charge is 0.338 e. The molecule has 1 heterocycles. The van der Waals surface area contributed by atoms with Crippen molar-refractivity contribution < 1.29 is 19.4 Å². The van der Waals surface area contributed by atoms with Crippen molar-refractivity contribution >= 4 is 71.7 Å². The fourth-order valence-corrected chi connectivity index (χ4v) is 5.89. The molecule has 0 aliphatic heterocycles. The number of carbonyl (C=O) groups is 2. The van der Waals surface area contributed by atoms with E-state index in [1.807, 2.05) is 61.5 Å². The predicted molar refractivity (Wildman–Crippen MR) is 161 cm³/mol. The number of rotatable bonds is 8. The van der Waals surface area contributed by atoms with E-state index in [9.17, 15) is 14.7 Å². The number of aliphatic imine (C=N–C) groups is 1. The highest BCUT2D eigenvalue weighted by molar-refractivity contribution is 9.11. The number of aromatic nitrogens is 1. The van der Waals surface area contributed by atoms with Crippen LogP contribution in [0.2, 0.25) is 0 Å². The van der Waals surface area contributed by atoms with Crippen LogP contribution in [0.4, 0.5) is 11.4 Å². The van der Waals surface area contributed by atoms with Crippen LogP contribution >= 0.6 is 31.9 Å². The third kappa shape index (κ3) is 6.24. The van der Waals surface area contributed by atoms with Gasteiger partial charge in [-0.3, -0.25) is 4.79 Å². The Balaban J connectivity index is 1.84. The van der Waals surface area contributed by atoms with E-state index in [0.717, 1.165) is 5.56 Å². The van der Waals surface area contributed by atoms with E-state index in [1.54, 1.807) is 37.1 Å². The van der Waals surface area contributed by atoms with Crippen LogP contribution in [-0.4, -0.2) is 66.9 Å². The Morgan fingerprint density at radius 3 is 2.26 bits per heavy atom. The molecule has 8 nitrogen and oxygen atoms in total. The molecule has 202 valence electrons. The number of aromatic amines is 1. The number of nitrogens with zero attached hydrogens (tertiary/aromatic N) is 3. The van der Waals surface area contributed by atoms with Crippen LogP contribution in [0.3, 0.4) is 0 Å². The maximum atomic E-state index is 12.7. The molecule has 0 saturated heterocycles. The number of anilines is 1. The molecule has 0 aliphatic carbocycles. The molecular weight excluding hydrogens is 628 g/mol. The molecule has 0 bridgehead atoms. The van der Waals surface area contributed by atoms with Crippen molar-refractivity contribution in [3.05, 3.63) is 86.3 Å². The number of halogens is 2. The number of hydrogen-bond donors (Lipinski definition) is 2. The van der Waals surface area contributed by atoms with E-state index >= 15 is 0 Å². The lowest BCUT2D eigenvalue weighted by Gasteiger charge is -2.22. The summed E-state index contributed by atoms with van der Waals surface area (Å²) in [6.07, 6.45) is 0. The Labute approximate surface area is 243 Å². The molecule has 0 saturated carbocycles. The van der Waals surface area contributed by atoms with Crippen LogP contribution in [0.15, 0.2) is 74.6 Å². The van der Waals surface area contributed by atoms with Gasteiger partial charge in [-0.05, 0) is 77.1 Å². The first-order chi connectivity index (χ1) is 18.6. The maximum absolute atomic E-state index is 12.7. The van der Waals surface area contributed by atoms with Crippen LogP contribution in [0.5, 0.6) is 5.88 Å². The fraction of sp³-hybridized carbons (Fsp3) is 0.207. The van der Waals surface area contributed by atoms with Crippen LogP contribution in [-0.2, 0) is 9.53 Å². The number of fused-ring (bicyclic) bond motifs is 1. The molecular formula is C29H28Br2N4O4. The average molecular weight is 656 g/mol. The molecule has 2 N–H and O–H groups in total. The predicted octanol–water partition coefficient (Wildman–Crippen LogP) is 6.27. The molecule has 4 aromatic rings. The van der Waals surface area contributed by atoms with E-state index in [2.05, 4.69) is 36.8 Å². The lowest BCUT2D eigenvalue weighted by atomic mass is 10.00. The second kappa shape index (κ2) is 12.1. The van der Waals surface area contributed by atoms with Crippen molar-refractivity contribution in [3.8, 4) is 5.88 Å². The highest BCUT2D eigenvalue weighted by atomic mass is 79.9. The number of hydrogen-bond acceptors (Lipinski definition) is 6. The topological polar surface area (TPSA) is 98.2 Å². The summed E-state index contributed by atoms with van der Waals surface area (Å²) in [6, 6.07) is 18.3. The lowest BCUT2D eigenvalue weighted by Crippen LogP contribution is -2.35. The zero-order valence-electron chi connectivity index (χ0n) is 22.0. The van der Waals surface area contributed by atoms with Gasteiger partial charge in [-0.15, -0.1) is 0 Å². The van der Waals surface area contributed by atoms with Gasteiger partial charge in [0.15, 0.2) is 5.88 Å². The number of H-pyrrole nitrogens is 1. The summed E-state index contributed by atoms with van der Waals surface area (Å²) in [5.41, 5.74) is 4.07. The summed E-state index contributed by atoms with van der Waals surface area (Å²) in [5, 5.41) is 11.7. The minimum atomic E-state index is -0.434. The average Bonchev–Trinajstić information content (AvgIpc) is 3.21. The second-order valence-corrected chi connectivity index (χ2v) is 10.8. The van der Waals surface area contributed by atoms with Gasteiger partial charge in [-0.2, -0.15) is 0 Å². The molecule has 1 amide bonds. The van der Waals surface area contributed by atoms with Gasteiger partial charge in [-0.25, -0.2) is 9.79 Å². The van der Waals surface area contributed by atoms with Crippen LogP contribution < -0.4 is 4.90 Å². The molecule has 3 aromatic carbocycles. The number of amides is 1. The Morgan fingerprint density at radius 2 is 1.64 bits per heavy atom. The highest BCUT2D eigenvalue weighted by Gasteiger charge is 2.22. The van der Waals surface area contributed by atoms with Gasteiger partial charge in [0.2, 0.25) is 5.91 Å². The molecule has 0 spiro atoms. The minimum absolute atomic E-state index is 0.0615.